The lowest BCUT2D eigenvalue weighted by Crippen LogP contribution is -2.24. The molecular weight excluding hydrogens is 238 g/mol. The minimum Gasteiger partial charge on any atom is -0.508 e. The minimum absolute atomic E-state index is 0.214. The molecule has 0 fully saturated rings. The first-order chi connectivity index (χ1) is 9.19. The Morgan fingerprint density at radius 2 is 2.00 bits per heavy atom. The molecule has 0 bridgehead atoms. The molecule has 1 unspecified atom stereocenters. The Morgan fingerprint density at radius 3 is 2.58 bits per heavy atom. The Labute approximate surface area is 114 Å². The van der Waals surface area contributed by atoms with Gasteiger partial charge in [0.1, 0.15) is 5.75 Å². The predicted molar refractivity (Wildman–Crippen MR) is 76.1 cm³/mol. The van der Waals surface area contributed by atoms with Crippen molar-refractivity contribution in [1.29, 1.82) is 0 Å². The van der Waals surface area contributed by atoms with Gasteiger partial charge in [0.05, 0.1) is 11.7 Å². The molecule has 4 nitrogen and oxygen atoms in total. The lowest BCUT2D eigenvalue weighted by Gasteiger charge is -2.16. The van der Waals surface area contributed by atoms with E-state index in [1.54, 1.807) is 12.1 Å². The van der Waals surface area contributed by atoms with E-state index in [-0.39, 0.29) is 6.04 Å². The van der Waals surface area contributed by atoms with E-state index >= 15 is 0 Å². The highest BCUT2D eigenvalue weighted by atomic mass is 16.3. The highest BCUT2D eigenvalue weighted by Gasteiger charge is 2.14. The van der Waals surface area contributed by atoms with E-state index in [2.05, 4.69) is 17.3 Å². The van der Waals surface area contributed by atoms with E-state index < -0.39 is 0 Å². The van der Waals surface area contributed by atoms with Gasteiger partial charge in [0.15, 0.2) is 0 Å². The summed E-state index contributed by atoms with van der Waals surface area (Å²) in [6.07, 6.45) is 3.93. The van der Waals surface area contributed by atoms with Gasteiger partial charge in [0.25, 0.3) is 0 Å². The SMILES string of the molecule is CCCNC(Cc1ccc(O)cc1)c1ccn(C)n1. The fraction of sp³-hybridized carbons (Fsp3) is 0.400. The zero-order valence-corrected chi connectivity index (χ0v) is 11.5. The third-order valence-corrected chi connectivity index (χ3v) is 3.11. The molecule has 1 aromatic carbocycles. The first-order valence-corrected chi connectivity index (χ1v) is 6.70. The van der Waals surface area contributed by atoms with Crippen LogP contribution in [-0.2, 0) is 13.5 Å². The minimum atomic E-state index is 0.214. The summed E-state index contributed by atoms with van der Waals surface area (Å²) < 4.78 is 1.83. The van der Waals surface area contributed by atoms with Crippen molar-refractivity contribution < 1.29 is 5.11 Å². The summed E-state index contributed by atoms with van der Waals surface area (Å²) >= 11 is 0. The van der Waals surface area contributed by atoms with Crippen LogP contribution in [0.25, 0.3) is 0 Å². The molecule has 0 spiro atoms. The van der Waals surface area contributed by atoms with Crippen LogP contribution in [0.15, 0.2) is 36.5 Å². The second kappa shape index (κ2) is 6.38. The third kappa shape index (κ3) is 3.83. The number of phenols is 1. The van der Waals surface area contributed by atoms with E-state index in [0.717, 1.165) is 25.1 Å². The standard InChI is InChI=1S/C15H21N3O/c1-3-9-16-15(14-8-10-18(2)17-14)11-12-4-6-13(19)7-5-12/h4-8,10,15-16,19H,3,9,11H2,1-2H3. The summed E-state index contributed by atoms with van der Waals surface area (Å²) in [5, 5.41) is 17.3. The van der Waals surface area contributed by atoms with Crippen LogP contribution in [0, 0.1) is 0 Å². The zero-order valence-electron chi connectivity index (χ0n) is 11.5. The molecule has 2 rings (SSSR count). The number of rotatable bonds is 6. The molecule has 19 heavy (non-hydrogen) atoms. The van der Waals surface area contributed by atoms with Crippen LogP contribution >= 0.6 is 0 Å². The van der Waals surface area contributed by atoms with Gasteiger partial charge in [0, 0.05) is 13.2 Å². The first kappa shape index (κ1) is 13.6. The summed E-state index contributed by atoms with van der Waals surface area (Å²) in [5.74, 6) is 0.305. The van der Waals surface area contributed by atoms with Crippen molar-refractivity contribution >= 4 is 0 Å². The molecule has 2 aromatic rings. The normalized spacial score (nSPS) is 12.5. The van der Waals surface area contributed by atoms with Gasteiger partial charge < -0.3 is 10.4 Å². The summed E-state index contributed by atoms with van der Waals surface area (Å²) in [6, 6.07) is 9.63. The predicted octanol–water partition coefficient (Wildman–Crippen LogP) is 2.41. The molecule has 0 aliphatic carbocycles. The maximum absolute atomic E-state index is 9.32. The summed E-state index contributed by atoms with van der Waals surface area (Å²) in [7, 11) is 1.93. The molecule has 102 valence electrons. The van der Waals surface area contributed by atoms with Crippen molar-refractivity contribution in [3.63, 3.8) is 0 Å². The van der Waals surface area contributed by atoms with Crippen molar-refractivity contribution in [2.75, 3.05) is 6.54 Å². The Balaban J connectivity index is 2.11. The van der Waals surface area contributed by atoms with Crippen molar-refractivity contribution in [2.45, 2.75) is 25.8 Å². The maximum atomic E-state index is 9.32. The molecule has 0 amide bonds. The molecule has 0 saturated heterocycles. The van der Waals surface area contributed by atoms with E-state index in [4.69, 9.17) is 0 Å². The van der Waals surface area contributed by atoms with E-state index in [0.29, 0.717) is 5.75 Å². The second-order valence-electron chi connectivity index (χ2n) is 4.79. The number of aromatic nitrogens is 2. The number of aryl methyl sites for hydroxylation is 1. The van der Waals surface area contributed by atoms with Crippen LogP contribution in [0.5, 0.6) is 5.75 Å². The van der Waals surface area contributed by atoms with E-state index in [9.17, 15) is 5.11 Å². The molecular formula is C15H21N3O. The zero-order chi connectivity index (χ0) is 13.7. The van der Waals surface area contributed by atoms with Crippen LogP contribution in [-0.4, -0.2) is 21.4 Å². The van der Waals surface area contributed by atoms with Crippen LogP contribution < -0.4 is 5.32 Å². The van der Waals surface area contributed by atoms with Crippen molar-refractivity contribution in [1.82, 2.24) is 15.1 Å². The first-order valence-electron chi connectivity index (χ1n) is 6.70. The highest BCUT2D eigenvalue weighted by molar-refractivity contribution is 5.27. The maximum Gasteiger partial charge on any atom is 0.115 e. The number of nitrogens with one attached hydrogen (secondary N) is 1. The van der Waals surface area contributed by atoms with Crippen molar-refractivity contribution in [3.8, 4) is 5.75 Å². The summed E-state index contributed by atoms with van der Waals surface area (Å²) in [6.45, 7) is 3.13. The lowest BCUT2D eigenvalue weighted by molar-refractivity contribution is 0.474. The number of aromatic hydroxyl groups is 1. The topological polar surface area (TPSA) is 50.1 Å². The van der Waals surface area contributed by atoms with E-state index in [1.807, 2.05) is 36.1 Å². The Hall–Kier alpha value is -1.81. The lowest BCUT2D eigenvalue weighted by atomic mass is 10.0. The van der Waals surface area contributed by atoms with Crippen LogP contribution in [0.2, 0.25) is 0 Å². The number of hydrogen-bond donors (Lipinski definition) is 2. The van der Waals surface area contributed by atoms with Gasteiger partial charge in [-0.2, -0.15) is 5.10 Å². The fourth-order valence-electron chi connectivity index (χ4n) is 2.09. The van der Waals surface area contributed by atoms with Gasteiger partial charge in [-0.05, 0) is 43.1 Å². The monoisotopic (exact) mass is 259 g/mol. The van der Waals surface area contributed by atoms with Gasteiger partial charge >= 0.3 is 0 Å². The Morgan fingerprint density at radius 1 is 1.26 bits per heavy atom. The van der Waals surface area contributed by atoms with Gasteiger partial charge in [-0.1, -0.05) is 19.1 Å². The molecule has 0 saturated carbocycles. The van der Waals surface area contributed by atoms with Gasteiger partial charge in [0.2, 0.25) is 0 Å². The van der Waals surface area contributed by atoms with Crippen LogP contribution in [0.3, 0.4) is 0 Å². The molecule has 1 heterocycles. The van der Waals surface area contributed by atoms with Gasteiger partial charge in [-0.25, -0.2) is 0 Å². The number of hydrogen-bond acceptors (Lipinski definition) is 3. The quantitative estimate of drug-likeness (QED) is 0.837. The Kier molecular flexibility index (Phi) is 4.58. The van der Waals surface area contributed by atoms with E-state index in [1.165, 1.54) is 5.56 Å². The number of benzene rings is 1. The van der Waals surface area contributed by atoms with Crippen LogP contribution in [0.1, 0.15) is 30.6 Å². The molecule has 0 aliphatic rings. The molecule has 0 aliphatic heterocycles. The third-order valence-electron chi connectivity index (χ3n) is 3.11. The molecule has 4 heteroatoms. The summed E-state index contributed by atoms with van der Waals surface area (Å²) in [4.78, 5) is 0. The summed E-state index contributed by atoms with van der Waals surface area (Å²) in [5.41, 5.74) is 2.25. The molecule has 1 atom stereocenters. The molecule has 1 aromatic heterocycles. The number of phenolic OH excluding ortho intramolecular Hbond substituents is 1. The Bertz CT molecular complexity index is 504. The fourth-order valence-corrected chi connectivity index (χ4v) is 2.09. The average Bonchev–Trinajstić information content (AvgIpc) is 2.83. The highest BCUT2D eigenvalue weighted by Crippen LogP contribution is 2.18. The largest absolute Gasteiger partial charge is 0.508 e. The number of nitrogens with zero attached hydrogens (tertiary/aromatic N) is 2. The van der Waals surface area contributed by atoms with Crippen LogP contribution in [0.4, 0.5) is 0 Å². The van der Waals surface area contributed by atoms with Crippen molar-refractivity contribution in [3.05, 3.63) is 47.8 Å². The molecule has 2 N–H and O–H groups in total. The average molecular weight is 259 g/mol. The molecule has 0 radical (unpaired) electrons. The second-order valence-corrected chi connectivity index (χ2v) is 4.79. The van der Waals surface area contributed by atoms with Gasteiger partial charge in [-0.3, -0.25) is 4.68 Å². The van der Waals surface area contributed by atoms with Gasteiger partial charge in [-0.15, -0.1) is 0 Å². The smallest absolute Gasteiger partial charge is 0.115 e. The van der Waals surface area contributed by atoms with Crippen molar-refractivity contribution in [2.24, 2.45) is 7.05 Å².